The predicted molar refractivity (Wildman–Crippen MR) is 91.7 cm³/mol. The van der Waals surface area contributed by atoms with Crippen LogP contribution in [-0.2, 0) is 18.3 Å². The number of hydrogen-bond donors (Lipinski definition) is 0. The van der Waals surface area contributed by atoms with Gasteiger partial charge in [0.1, 0.15) is 5.82 Å². The molecule has 1 amide bonds. The molecule has 0 radical (unpaired) electrons. The zero-order chi connectivity index (χ0) is 16.7. The number of aryl methyl sites for hydroxylation is 1. The lowest BCUT2D eigenvalue weighted by atomic mass is 9.93. The first-order chi connectivity index (χ1) is 11.6. The van der Waals surface area contributed by atoms with Gasteiger partial charge in [0.25, 0.3) is 0 Å². The molecule has 2 atom stereocenters. The molecule has 2 unspecified atom stereocenters. The van der Waals surface area contributed by atoms with E-state index in [2.05, 4.69) is 41.3 Å². The summed E-state index contributed by atoms with van der Waals surface area (Å²) in [4.78, 5) is 19.4. The molecule has 5 nitrogen and oxygen atoms in total. The lowest BCUT2D eigenvalue weighted by molar-refractivity contribution is -0.131. The predicted octanol–water partition coefficient (Wildman–Crippen LogP) is 2.64. The van der Waals surface area contributed by atoms with Crippen molar-refractivity contribution < 1.29 is 4.79 Å². The largest absolute Gasteiger partial charge is 0.339 e. The van der Waals surface area contributed by atoms with Crippen LogP contribution in [0.4, 0.5) is 0 Å². The van der Waals surface area contributed by atoms with Gasteiger partial charge in [0.15, 0.2) is 5.82 Å². The number of carbonyl (C=O) groups is 1. The van der Waals surface area contributed by atoms with E-state index in [1.807, 2.05) is 18.0 Å². The fourth-order valence-corrected chi connectivity index (χ4v) is 3.78. The van der Waals surface area contributed by atoms with E-state index in [1.165, 1.54) is 18.4 Å². The first kappa shape index (κ1) is 15.4. The Hall–Kier alpha value is -2.17. The number of amides is 1. The topological polar surface area (TPSA) is 51.0 Å². The molecule has 1 aliphatic carbocycles. The standard InChI is InChI=1S/C19H24N4O/c1-13-16(14-6-4-3-5-7-14)10-11-23(13)18(24)12-17-20-19(15-8-9-15)21-22(17)2/h3-7,13,15-16H,8-12H2,1-2H3. The van der Waals surface area contributed by atoms with Crippen molar-refractivity contribution in [3.63, 3.8) is 0 Å². The smallest absolute Gasteiger partial charge is 0.230 e. The summed E-state index contributed by atoms with van der Waals surface area (Å²) in [6.45, 7) is 2.99. The first-order valence-electron chi connectivity index (χ1n) is 8.87. The molecule has 1 aliphatic heterocycles. The summed E-state index contributed by atoms with van der Waals surface area (Å²) in [5, 5.41) is 4.47. The molecule has 2 heterocycles. The molecular weight excluding hydrogens is 300 g/mol. The molecule has 1 saturated heterocycles. The molecule has 5 heteroatoms. The van der Waals surface area contributed by atoms with Crippen molar-refractivity contribution in [3.05, 3.63) is 47.5 Å². The van der Waals surface area contributed by atoms with Crippen molar-refractivity contribution in [2.24, 2.45) is 7.05 Å². The number of aromatic nitrogens is 3. The van der Waals surface area contributed by atoms with Crippen molar-refractivity contribution >= 4 is 5.91 Å². The second kappa shape index (κ2) is 6.04. The minimum absolute atomic E-state index is 0.166. The molecular formula is C19H24N4O. The summed E-state index contributed by atoms with van der Waals surface area (Å²) in [6.07, 6.45) is 3.74. The van der Waals surface area contributed by atoms with Gasteiger partial charge in [-0.2, -0.15) is 5.10 Å². The molecule has 2 aliphatic rings. The van der Waals surface area contributed by atoms with Gasteiger partial charge in [0.05, 0.1) is 6.42 Å². The number of likely N-dealkylation sites (tertiary alicyclic amines) is 1. The Morgan fingerprint density at radius 1 is 1.21 bits per heavy atom. The van der Waals surface area contributed by atoms with E-state index < -0.39 is 0 Å². The average Bonchev–Trinajstić information content (AvgIpc) is 3.27. The number of benzene rings is 1. The van der Waals surface area contributed by atoms with Crippen LogP contribution in [0.3, 0.4) is 0 Å². The van der Waals surface area contributed by atoms with Crippen LogP contribution >= 0.6 is 0 Å². The van der Waals surface area contributed by atoms with Crippen molar-refractivity contribution in [2.75, 3.05) is 6.54 Å². The maximum atomic E-state index is 12.8. The molecule has 126 valence electrons. The molecule has 1 saturated carbocycles. The lowest BCUT2D eigenvalue weighted by Crippen LogP contribution is -2.37. The van der Waals surface area contributed by atoms with Crippen LogP contribution in [0.15, 0.2) is 30.3 Å². The lowest BCUT2D eigenvalue weighted by Gasteiger charge is -2.25. The number of rotatable bonds is 4. The Kier molecular flexibility index (Phi) is 3.87. The summed E-state index contributed by atoms with van der Waals surface area (Å²) in [7, 11) is 1.89. The fraction of sp³-hybridized carbons (Fsp3) is 0.526. The van der Waals surface area contributed by atoms with Gasteiger partial charge in [-0.05, 0) is 31.7 Å². The van der Waals surface area contributed by atoms with Gasteiger partial charge in [0.2, 0.25) is 5.91 Å². The SMILES string of the molecule is CC1C(c2ccccc2)CCN1C(=O)Cc1nc(C2CC2)nn1C. The normalized spacial score (nSPS) is 23.7. The van der Waals surface area contributed by atoms with E-state index in [9.17, 15) is 4.79 Å². The van der Waals surface area contributed by atoms with E-state index >= 15 is 0 Å². The summed E-state index contributed by atoms with van der Waals surface area (Å²) >= 11 is 0. The van der Waals surface area contributed by atoms with Crippen LogP contribution in [-0.4, -0.2) is 38.2 Å². The summed E-state index contributed by atoms with van der Waals surface area (Å²) in [5.41, 5.74) is 1.33. The van der Waals surface area contributed by atoms with Crippen LogP contribution in [0.5, 0.6) is 0 Å². The third-order valence-electron chi connectivity index (χ3n) is 5.42. The highest BCUT2D eigenvalue weighted by Gasteiger charge is 2.35. The Morgan fingerprint density at radius 2 is 1.96 bits per heavy atom. The molecule has 0 spiro atoms. The monoisotopic (exact) mass is 324 g/mol. The van der Waals surface area contributed by atoms with Crippen molar-refractivity contribution in [1.29, 1.82) is 0 Å². The van der Waals surface area contributed by atoms with Crippen molar-refractivity contribution in [1.82, 2.24) is 19.7 Å². The number of nitrogens with zero attached hydrogens (tertiary/aromatic N) is 4. The fourth-order valence-electron chi connectivity index (χ4n) is 3.78. The van der Waals surface area contributed by atoms with E-state index in [1.54, 1.807) is 4.68 Å². The van der Waals surface area contributed by atoms with Gasteiger partial charge >= 0.3 is 0 Å². The zero-order valence-corrected chi connectivity index (χ0v) is 14.4. The third-order valence-corrected chi connectivity index (χ3v) is 5.42. The third kappa shape index (κ3) is 2.83. The van der Waals surface area contributed by atoms with Crippen LogP contribution in [0.1, 0.15) is 55.2 Å². The minimum Gasteiger partial charge on any atom is -0.339 e. The summed E-state index contributed by atoms with van der Waals surface area (Å²) < 4.78 is 1.78. The zero-order valence-electron chi connectivity index (χ0n) is 14.4. The quantitative estimate of drug-likeness (QED) is 0.869. The second-order valence-electron chi connectivity index (χ2n) is 7.09. The average molecular weight is 324 g/mol. The first-order valence-corrected chi connectivity index (χ1v) is 8.87. The van der Waals surface area contributed by atoms with Crippen LogP contribution in [0, 0.1) is 0 Å². The van der Waals surface area contributed by atoms with E-state index in [0.717, 1.165) is 24.6 Å². The number of hydrogen-bond acceptors (Lipinski definition) is 3. The van der Waals surface area contributed by atoms with Gasteiger partial charge in [0, 0.05) is 31.5 Å². The Bertz CT molecular complexity index is 735. The molecule has 2 fully saturated rings. The van der Waals surface area contributed by atoms with Crippen molar-refractivity contribution in [2.45, 2.75) is 50.5 Å². The molecule has 0 N–H and O–H groups in total. The molecule has 2 aromatic rings. The van der Waals surface area contributed by atoms with Gasteiger partial charge in [-0.1, -0.05) is 30.3 Å². The summed E-state index contributed by atoms with van der Waals surface area (Å²) in [6, 6.07) is 10.8. The summed E-state index contributed by atoms with van der Waals surface area (Å²) in [5.74, 6) is 2.82. The van der Waals surface area contributed by atoms with Gasteiger partial charge in [-0.15, -0.1) is 0 Å². The Morgan fingerprint density at radius 3 is 2.67 bits per heavy atom. The Balaban J connectivity index is 1.45. The molecule has 1 aromatic heterocycles. The van der Waals surface area contributed by atoms with Crippen LogP contribution < -0.4 is 0 Å². The second-order valence-corrected chi connectivity index (χ2v) is 7.09. The molecule has 0 bridgehead atoms. The van der Waals surface area contributed by atoms with E-state index in [4.69, 9.17) is 0 Å². The highest BCUT2D eigenvalue weighted by molar-refractivity contribution is 5.78. The van der Waals surface area contributed by atoms with Crippen LogP contribution in [0.25, 0.3) is 0 Å². The van der Waals surface area contributed by atoms with Crippen LogP contribution in [0.2, 0.25) is 0 Å². The highest BCUT2D eigenvalue weighted by Crippen LogP contribution is 2.38. The van der Waals surface area contributed by atoms with Gasteiger partial charge in [-0.3, -0.25) is 9.48 Å². The molecule has 24 heavy (non-hydrogen) atoms. The van der Waals surface area contributed by atoms with Crippen molar-refractivity contribution in [3.8, 4) is 0 Å². The number of carbonyl (C=O) groups excluding carboxylic acids is 1. The van der Waals surface area contributed by atoms with E-state index in [0.29, 0.717) is 18.3 Å². The minimum atomic E-state index is 0.166. The Labute approximate surface area is 142 Å². The maximum Gasteiger partial charge on any atom is 0.230 e. The molecule has 4 rings (SSSR count). The molecule has 1 aromatic carbocycles. The maximum absolute atomic E-state index is 12.8. The van der Waals surface area contributed by atoms with Gasteiger partial charge in [-0.25, -0.2) is 4.98 Å². The van der Waals surface area contributed by atoms with Gasteiger partial charge < -0.3 is 4.90 Å². The highest BCUT2D eigenvalue weighted by atomic mass is 16.2. The van der Waals surface area contributed by atoms with E-state index in [-0.39, 0.29) is 11.9 Å².